The lowest BCUT2D eigenvalue weighted by Gasteiger charge is -2.34. The SMILES string of the molecule is O=C(O)NCC1CCC(C(=O)N2CC[C@H](c3ccccc3)[C@@H]2C(=O)c2ccc3ncccc3c2)CC1. The molecule has 7 heteroatoms. The van der Waals surface area contributed by atoms with E-state index in [0.29, 0.717) is 18.7 Å². The third kappa shape index (κ3) is 4.96. The van der Waals surface area contributed by atoms with Crippen LogP contribution in [0.15, 0.2) is 66.9 Å². The Hall–Kier alpha value is -3.74. The van der Waals surface area contributed by atoms with Gasteiger partial charge in [0.25, 0.3) is 0 Å². The second kappa shape index (κ2) is 10.5. The van der Waals surface area contributed by atoms with E-state index >= 15 is 0 Å². The first-order valence-corrected chi connectivity index (χ1v) is 12.7. The van der Waals surface area contributed by atoms with E-state index in [-0.39, 0.29) is 29.4 Å². The predicted octanol–water partition coefficient (Wildman–Crippen LogP) is 4.88. The van der Waals surface area contributed by atoms with Gasteiger partial charge in [-0.3, -0.25) is 14.6 Å². The highest BCUT2D eigenvalue weighted by molar-refractivity contribution is 6.05. The maximum absolute atomic E-state index is 14.0. The Balaban J connectivity index is 1.38. The summed E-state index contributed by atoms with van der Waals surface area (Å²) in [5.74, 6) is 0.100. The largest absolute Gasteiger partial charge is 0.465 e. The van der Waals surface area contributed by atoms with Gasteiger partial charge in [0.2, 0.25) is 5.91 Å². The molecule has 5 rings (SSSR count). The number of hydrogen-bond donors (Lipinski definition) is 2. The van der Waals surface area contributed by atoms with E-state index in [1.807, 2.05) is 65.6 Å². The topological polar surface area (TPSA) is 99.6 Å². The Bertz CT molecular complexity index is 1250. The average molecular weight is 486 g/mol. The maximum Gasteiger partial charge on any atom is 0.404 e. The molecule has 0 bridgehead atoms. The van der Waals surface area contributed by atoms with Crippen molar-refractivity contribution in [2.24, 2.45) is 11.8 Å². The molecule has 7 nitrogen and oxygen atoms in total. The van der Waals surface area contributed by atoms with Gasteiger partial charge in [0.05, 0.1) is 5.52 Å². The fraction of sp³-hybridized carbons (Fsp3) is 0.379. The number of carboxylic acid groups (broad SMARTS) is 1. The molecular formula is C29H31N3O4. The molecule has 1 saturated carbocycles. The molecule has 2 atom stereocenters. The zero-order valence-electron chi connectivity index (χ0n) is 20.2. The summed E-state index contributed by atoms with van der Waals surface area (Å²) >= 11 is 0. The van der Waals surface area contributed by atoms with Gasteiger partial charge in [0.1, 0.15) is 6.04 Å². The summed E-state index contributed by atoms with van der Waals surface area (Å²) in [5, 5.41) is 12.2. The number of ketones is 1. The summed E-state index contributed by atoms with van der Waals surface area (Å²) < 4.78 is 0. The zero-order chi connectivity index (χ0) is 25.1. The van der Waals surface area contributed by atoms with Crippen molar-refractivity contribution < 1.29 is 19.5 Å². The molecule has 1 aliphatic carbocycles. The molecular weight excluding hydrogens is 454 g/mol. The monoisotopic (exact) mass is 485 g/mol. The summed E-state index contributed by atoms with van der Waals surface area (Å²) in [6.45, 7) is 0.985. The third-order valence-electron chi connectivity index (χ3n) is 7.80. The van der Waals surface area contributed by atoms with Crippen molar-refractivity contribution in [1.29, 1.82) is 0 Å². The lowest BCUT2D eigenvalue weighted by molar-refractivity contribution is -0.137. The average Bonchev–Trinajstić information content (AvgIpc) is 3.37. The van der Waals surface area contributed by atoms with Gasteiger partial charge < -0.3 is 15.3 Å². The number of Topliss-reactive ketones (excluding diaryl/α,β-unsaturated/α-hetero) is 1. The van der Waals surface area contributed by atoms with E-state index in [4.69, 9.17) is 5.11 Å². The molecule has 0 unspecified atom stereocenters. The van der Waals surface area contributed by atoms with Crippen LogP contribution >= 0.6 is 0 Å². The number of rotatable bonds is 6. The Morgan fingerprint density at radius 2 is 1.72 bits per heavy atom. The number of hydrogen-bond acceptors (Lipinski definition) is 4. The molecule has 2 amide bonds. The minimum Gasteiger partial charge on any atom is -0.465 e. The normalized spacial score (nSPS) is 23.9. The van der Waals surface area contributed by atoms with Crippen LogP contribution in [0.2, 0.25) is 0 Å². The van der Waals surface area contributed by atoms with E-state index < -0.39 is 12.1 Å². The number of pyridine rings is 1. The van der Waals surface area contributed by atoms with Crippen LogP contribution in [0.4, 0.5) is 4.79 Å². The van der Waals surface area contributed by atoms with Gasteiger partial charge in [-0.1, -0.05) is 36.4 Å². The van der Waals surface area contributed by atoms with Crippen LogP contribution < -0.4 is 5.32 Å². The van der Waals surface area contributed by atoms with Crippen molar-refractivity contribution in [1.82, 2.24) is 15.2 Å². The fourth-order valence-electron chi connectivity index (χ4n) is 5.89. The molecule has 2 aromatic carbocycles. The number of carbonyl (C=O) groups is 3. The molecule has 0 radical (unpaired) electrons. The summed E-state index contributed by atoms with van der Waals surface area (Å²) in [7, 11) is 0. The molecule has 36 heavy (non-hydrogen) atoms. The quantitative estimate of drug-likeness (QED) is 0.485. The first kappa shape index (κ1) is 24.0. The molecule has 186 valence electrons. The van der Waals surface area contributed by atoms with Crippen LogP contribution in [-0.2, 0) is 4.79 Å². The molecule has 2 heterocycles. The highest BCUT2D eigenvalue weighted by Gasteiger charge is 2.44. The summed E-state index contributed by atoms with van der Waals surface area (Å²) in [6, 6.07) is 18.9. The van der Waals surface area contributed by atoms with E-state index in [1.54, 1.807) is 6.20 Å². The standard InChI is InChI=1S/C29H31N3O4/c33-27(23-12-13-25-22(17-23)7-4-15-30-25)26-24(20-5-2-1-3-6-20)14-16-32(26)28(34)21-10-8-19(9-11-21)18-31-29(35)36/h1-7,12-13,15,17,19,21,24,26,31H,8-11,14,16,18H2,(H,35,36)/t19?,21?,24-,26-/m1/s1. The first-order valence-electron chi connectivity index (χ1n) is 12.7. The first-order chi connectivity index (χ1) is 17.5. The molecule has 2 fully saturated rings. The number of nitrogens with zero attached hydrogens (tertiary/aromatic N) is 2. The van der Waals surface area contributed by atoms with Crippen LogP contribution in [-0.4, -0.2) is 51.9 Å². The molecule has 2 aliphatic rings. The van der Waals surface area contributed by atoms with Gasteiger partial charge in [0.15, 0.2) is 5.78 Å². The number of fused-ring (bicyclic) bond motifs is 1. The Morgan fingerprint density at radius 1 is 0.944 bits per heavy atom. The van der Waals surface area contributed by atoms with Crippen LogP contribution in [0, 0.1) is 11.8 Å². The molecule has 3 aromatic rings. The lowest BCUT2D eigenvalue weighted by Crippen LogP contribution is -2.46. The van der Waals surface area contributed by atoms with Crippen LogP contribution in [0.3, 0.4) is 0 Å². The second-order valence-electron chi connectivity index (χ2n) is 9.96. The third-order valence-corrected chi connectivity index (χ3v) is 7.80. The number of likely N-dealkylation sites (tertiary alicyclic amines) is 1. The van der Waals surface area contributed by atoms with Crippen molar-refractivity contribution >= 4 is 28.7 Å². The Labute approximate surface area is 210 Å². The highest BCUT2D eigenvalue weighted by Crippen LogP contribution is 2.39. The van der Waals surface area contributed by atoms with Gasteiger partial charge in [-0.05, 0) is 67.9 Å². The van der Waals surface area contributed by atoms with E-state index in [9.17, 15) is 14.4 Å². The predicted molar refractivity (Wildman–Crippen MR) is 137 cm³/mol. The van der Waals surface area contributed by atoms with E-state index in [1.165, 1.54) is 0 Å². The molecule has 1 aliphatic heterocycles. The number of amides is 2. The Morgan fingerprint density at radius 3 is 2.47 bits per heavy atom. The van der Waals surface area contributed by atoms with Crippen molar-refractivity contribution in [2.45, 2.75) is 44.1 Å². The smallest absolute Gasteiger partial charge is 0.404 e. The molecule has 1 saturated heterocycles. The molecule has 1 aromatic heterocycles. The number of benzene rings is 2. The number of aromatic nitrogens is 1. The maximum atomic E-state index is 14.0. The lowest BCUT2D eigenvalue weighted by atomic mass is 9.80. The van der Waals surface area contributed by atoms with Crippen LogP contribution in [0.5, 0.6) is 0 Å². The minimum absolute atomic E-state index is 0.0280. The summed E-state index contributed by atoms with van der Waals surface area (Å²) in [6.07, 6.45) is 4.53. The second-order valence-corrected chi connectivity index (χ2v) is 9.96. The van der Waals surface area contributed by atoms with Gasteiger partial charge in [-0.15, -0.1) is 0 Å². The summed E-state index contributed by atoms with van der Waals surface area (Å²) in [4.78, 5) is 44.8. The zero-order valence-corrected chi connectivity index (χ0v) is 20.2. The van der Waals surface area contributed by atoms with Crippen molar-refractivity contribution in [3.63, 3.8) is 0 Å². The van der Waals surface area contributed by atoms with E-state index in [2.05, 4.69) is 10.3 Å². The van der Waals surface area contributed by atoms with Gasteiger partial charge in [-0.25, -0.2) is 4.79 Å². The fourth-order valence-corrected chi connectivity index (χ4v) is 5.89. The van der Waals surface area contributed by atoms with E-state index in [0.717, 1.165) is 48.6 Å². The number of nitrogens with one attached hydrogen (secondary N) is 1. The molecule has 0 spiro atoms. The van der Waals surface area contributed by atoms with Crippen molar-refractivity contribution in [3.05, 3.63) is 78.0 Å². The number of carbonyl (C=O) groups excluding carboxylic acids is 2. The van der Waals surface area contributed by atoms with Gasteiger partial charge in [0, 0.05) is 42.1 Å². The van der Waals surface area contributed by atoms with Crippen LogP contribution in [0.1, 0.15) is 53.9 Å². The van der Waals surface area contributed by atoms with Crippen molar-refractivity contribution in [2.75, 3.05) is 13.1 Å². The highest BCUT2D eigenvalue weighted by atomic mass is 16.4. The minimum atomic E-state index is -1.01. The molecule has 2 N–H and O–H groups in total. The Kier molecular flexibility index (Phi) is 6.98. The van der Waals surface area contributed by atoms with Crippen molar-refractivity contribution in [3.8, 4) is 0 Å². The van der Waals surface area contributed by atoms with Gasteiger partial charge >= 0.3 is 6.09 Å². The van der Waals surface area contributed by atoms with Gasteiger partial charge in [-0.2, -0.15) is 0 Å². The summed E-state index contributed by atoms with van der Waals surface area (Å²) in [5.41, 5.74) is 2.52. The van der Waals surface area contributed by atoms with Crippen LogP contribution in [0.25, 0.3) is 10.9 Å².